The van der Waals surface area contributed by atoms with Crippen LogP contribution in [0, 0.1) is 0 Å². The highest BCUT2D eigenvalue weighted by Gasteiger charge is 2.30. The first-order valence-electron chi connectivity index (χ1n) is 8.59. The van der Waals surface area contributed by atoms with Gasteiger partial charge in [0.2, 0.25) is 0 Å². The lowest BCUT2D eigenvalue weighted by Crippen LogP contribution is -2.27. The maximum atomic E-state index is 12.6. The molecule has 3 rings (SSSR count). The van der Waals surface area contributed by atoms with Gasteiger partial charge in [0.15, 0.2) is 0 Å². The Hall–Kier alpha value is -2.61. The fraction of sp³-hybridized carbons (Fsp3) is 0.368. The van der Waals surface area contributed by atoms with E-state index in [1.54, 1.807) is 0 Å². The first-order valence-corrected chi connectivity index (χ1v) is 8.59. The van der Waals surface area contributed by atoms with Gasteiger partial charge in [-0.05, 0) is 50.2 Å². The summed E-state index contributed by atoms with van der Waals surface area (Å²) in [6, 6.07) is 5.99. The Morgan fingerprint density at radius 3 is 2.63 bits per heavy atom. The van der Waals surface area contributed by atoms with Crippen LogP contribution in [0.4, 0.5) is 13.2 Å². The van der Waals surface area contributed by atoms with Crippen molar-refractivity contribution < 1.29 is 23.1 Å². The molecule has 5 nitrogen and oxygen atoms in total. The number of pyridine rings is 1. The van der Waals surface area contributed by atoms with Crippen LogP contribution in [0.1, 0.15) is 46.1 Å². The van der Waals surface area contributed by atoms with E-state index in [0.717, 1.165) is 31.5 Å². The highest BCUT2D eigenvalue weighted by Crippen LogP contribution is 2.32. The second-order valence-corrected chi connectivity index (χ2v) is 6.64. The molecule has 1 fully saturated rings. The SMILES string of the molecule is CN1CCCC1c1ncc(O)cc1C(=O)NCc1ccc(C(F)(F)F)cc1. The van der Waals surface area contributed by atoms with Crippen molar-refractivity contribution in [1.82, 2.24) is 15.2 Å². The second kappa shape index (κ2) is 7.56. The molecule has 1 saturated heterocycles. The number of likely N-dealkylation sites (tertiary alicyclic amines) is 1. The van der Waals surface area contributed by atoms with E-state index in [1.165, 1.54) is 24.4 Å². The number of aromatic hydroxyl groups is 1. The quantitative estimate of drug-likeness (QED) is 0.853. The maximum absolute atomic E-state index is 12.6. The van der Waals surface area contributed by atoms with Gasteiger partial charge in [0.25, 0.3) is 5.91 Å². The van der Waals surface area contributed by atoms with Crippen molar-refractivity contribution in [3.8, 4) is 5.75 Å². The summed E-state index contributed by atoms with van der Waals surface area (Å²) in [5.74, 6) is -0.535. The van der Waals surface area contributed by atoms with Crippen LogP contribution in [-0.4, -0.2) is 34.5 Å². The van der Waals surface area contributed by atoms with Crippen molar-refractivity contribution in [3.05, 3.63) is 58.9 Å². The third-order valence-electron chi connectivity index (χ3n) is 4.72. The Kier molecular flexibility index (Phi) is 5.36. The maximum Gasteiger partial charge on any atom is 0.416 e. The molecule has 2 heterocycles. The molecule has 2 aromatic rings. The van der Waals surface area contributed by atoms with Crippen LogP contribution in [0.2, 0.25) is 0 Å². The fourth-order valence-electron chi connectivity index (χ4n) is 3.26. The smallest absolute Gasteiger partial charge is 0.416 e. The molecule has 1 aliphatic rings. The van der Waals surface area contributed by atoms with Gasteiger partial charge in [-0.3, -0.25) is 14.7 Å². The van der Waals surface area contributed by atoms with E-state index in [0.29, 0.717) is 11.3 Å². The van der Waals surface area contributed by atoms with Gasteiger partial charge in [0.05, 0.1) is 29.1 Å². The number of nitrogens with one attached hydrogen (secondary N) is 1. The summed E-state index contributed by atoms with van der Waals surface area (Å²) in [6.07, 6.45) is -1.21. The number of nitrogens with zero attached hydrogens (tertiary/aromatic N) is 2. The zero-order valence-corrected chi connectivity index (χ0v) is 14.8. The summed E-state index contributed by atoms with van der Waals surface area (Å²) in [6.45, 7) is 0.979. The van der Waals surface area contributed by atoms with Crippen molar-refractivity contribution in [2.24, 2.45) is 0 Å². The van der Waals surface area contributed by atoms with Crippen molar-refractivity contribution in [3.63, 3.8) is 0 Å². The largest absolute Gasteiger partial charge is 0.506 e. The Morgan fingerprint density at radius 1 is 1.33 bits per heavy atom. The van der Waals surface area contributed by atoms with E-state index in [4.69, 9.17) is 0 Å². The zero-order chi connectivity index (χ0) is 19.6. The number of carbonyl (C=O) groups is 1. The predicted molar refractivity (Wildman–Crippen MR) is 93.1 cm³/mol. The summed E-state index contributed by atoms with van der Waals surface area (Å²) >= 11 is 0. The minimum Gasteiger partial charge on any atom is -0.506 e. The lowest BCUT2D eigenvalue weighted by molar-refractivity contribution is -0.137. The Balaban J connectivity index is 1.73. The van der Waals surface area contributed by atoms with Crippen molar-refractivity contribution in [2.75, 3.05) is 13.6 Å². The first kappa shape index (κ1) is 19.2. The summed E-state index contributed by atoms with van der Waals surface area (Å²) in [5.41, 5.74) is 0.684. The summed E-state index contributed by atoms with van der Waals surface area (Å²) < 4.78 is 37.8. The predicted octanol–water partition coefficient (Wildman–Crippen LogP) is 3.50. The van der Waals surface area contributed by atoms with Crippen LogP contribution < -0.4 is 5.32 Å². The molecule has 2 N–H and O–H groups in total. The second-order valence-electron chi connectivity index (χ2n) is 6.64. The van der Waals surface area contributed by atoms with Crippen LogP contribution in [-0.2, 0) is 12.7 Å². The zero-order valence-electron chi connectivity index (χ0n) is 14.8. The number of aromatic nitrogens is 1. The number of amides is 1. The lowest BCUT2D eigenvalue weighted by Gasteiger charge is -2.21. The fourth-order valence-corrected chi connectivity index (χ4v) is 3.26. The Labute approximate surface area is 154 Å². The normalized spacial score (nSPS) is 17.9. The number of hydrogen-bond acceptors (Lipinski definition) is 4. The van der Waals surface area contributed by atoms with E-state index in [2.05, 4.69) is 15.2 Å². The van der Waals surface area contributed by atoms with Gasteiger partial charge in [-0.15, -0.1) is 0 Å². The van der Waals surface area contributed by atoms with Crippen molar-refractivity contribution in [1.29, 1.82) is 0 Å². The van der Waals surface area contributed by atoms with Gasteiger partial charge < -0.3 is 10.4 Å². The molecule has 1 unspecified atom stereocenters. The molecule has 1 amide bonds. The molecule has 0 aliphatic carbocycles. The molecule has 0 radical (unpaired) electrons. The molecule has 1 aliphatic heterocycles. The average molecular weight is 379 g/mol. The minimum absolute atomic E-state index is 0.00239. The van der Waals surface area contributed by atoms with E-state index in [9.17, 15) is 23.1 Å². The Bertz CT molecular complexity index is 822. The van der Waals surface area contributed by atoms with Crippen molar-refractivity contribution >= 4 is 5.91 Å². The molecule has 1 aromatic heterocycles. The van der Waals surface area contributed by atoms with Crippen molar-refractivity contribution in [2.45, 2.75) is 31.6 Å². The van der Waals surface area contributed by atoms with Crippen LogP contribution in [0.15, 0.2) is 36.5 Å². The third-order valence-corrected chi connectivity index (χ3v) is 4.72. The molecule has 1 aromatic carbocycles. The summed E-state index contributed by atoms with van der Waals surface area (Å²) in [5, 5.41) is 12.4. The van der Waals surface area contributed by atoms with E-state index in [1.807, 2.05) is 7.05 Å². The average Bonchev–Trinajstić information content (AvgIpc) is 3.05. The third kappa shape index (κ3) is 4.39. The topological polar surface area (TPSA) is 65.5 Å². The number of halogens is 3. The van der Waals surface area contributed by atoms with Crippen LogP contribution >= 0.6 is 0 Å². The molecule has 1 atom stereocenters. The molecule has 27 heavy (non-hydrogen) atoms. The Morgan fingerprint density at radius 2 is 2.04 bits per heavy atom. The lowest BCUT2D eigenvalue weighted by atomic mass is 10.0. The summed E-state index contributed by atoms with van der Waals surface area (Å²) in [4.78, 5) is 19.0. The first-order chi connectivity index (χ1) is 12.8. The van der Waals surface area contributed by atoms with Gasteiger partial charge >= 0.3 is 6.18 Å². The highest BCUT2D eigenvalue weighted by molar-refractivity contribution is 5.95. The van der Waals surface area contributed by atoms with Crippen LogP contribution in [0.3, 0.4) is 0 Å². The van der Waals surface area contributed by atoms with E-state index in [-0.39, 0.29) is 23.9 Å². The molecule has 144 valence electrons. The number of benzene rings is 1. The molecule has 8 heteroatoms. The van der Waals surface area contributed by atoms with Gasteiger partial charge in [-0.25, -0.2) is 0 Å². The number of alkyl halides is 3. The molecular weight excluding hydrogens is 359 g/mol. The van der Waals surface area contributed by atoms with Crippen LogP contribution in [0.25, 0.3) is 0 Å². The van der Waals surface area contributed by atoms with Gasteiger partial charge in [0, 0.05) is 6.54 Å². The number of hydrogen-bond donors (Lipinski definition) is 2. The van der Waals surface area contributed by atoms with Gasteiger partial charge in [-0.1, -0.05) is 12.1 Å². The minimum atomic E-state index is -4.39. The molecular formula is C19H20F3N3O2. The monoisotopic (exact) mass is 379 g/mol. The van der Waals surface area contributed by atoms with E-state index >= 15 is 0 Å². The summed E-state index contributed by atoms with van der Waals surface area (Å²) in [7, 11) is 1.95. The van der Waals surface area contributed by atoms with Gasteiger partial charge in [0.1, 0.15) is 5.75 Å². The number of carbonyl (C=O) groups excluding carboxylic acids is 1. The molecule has 0 bridgehead atoms. The van der Waals surface area contributed by atoms with Crippen LogP contribution in [0.5, 0.6) is 5.75 Å². The van der Waals surface area contributed by atoms with Gasteiger partial charge in [-0.2, -0.15) is 13.2 Å². The molecule has 0 spiro atoms. The highest BCUT2D eigenvalue weighted by atomic mass is 19.4. The van der Waals surface area contributed by atoms with E-state index < -0.39 is 17.6 Å². The standard InChI is InChI=1S/C19H20F3N3O2/c1-25-8-2-3-16(25)17-15(9-14(26)11-23-17)18(27)24-10-12-4-6-13(7-5-12)19(20,21)22/h4-7,9,11,16,26H,2-3,8,10H2,1H3,(H,24,27). The number of rotatable bonds is 4. The molecule has 0 saturated carbocycles.